The van der Waals surface area contributed by atoms with Crippen molar-refractivity contribution >= 4 is 17.3 Å². The Hall–Kier alpha value is -2.77. The lowest BCUT2D eigenvalue weighted by molar-refractivity contribution is -0.121. The highest BCUT2D eigenvalue weighted by Crippen LogP contribution is 2.33. The fraction of sp³-hybridized carbons (Fsp3) is 0.500. The van der Waals surface area contributed by atoms with Gasteiger partial charge in [-0.2, -0.15) is 0 Å². The molecule has 3 aliphatic rings. The van der Waals surface area contributed by atoms with E-state index in [1.54, 1.807) is 0 Å². The van der Waals surface area contributed by atoms with Gasteiger partial charge in [-0.25, -0.2) is 0 Å². The van der Waals surface area contributed by atoms with E-state index in [0.717, 1.165) is 63.0 Å². The monoisotopic (exact) mass is 450 g/mol. The van der Waals surface area contributed by atoms with Crippen LogP contribution in [0.1, 0.15) is 31.7 Å². The second-order valence-corrected chi connectivity index (χ2v) is 9.26. The SMILES string of the molecule is CC(C(=O)Nc1ccc(N2CCCCC2)cc1)N1CCN(Cc2ccc3c(c2)OCO3)CC1. The van der Waals surface area contributed by atoms with E-state index in [1.807, 2.05) is 25.1 Å². The number of piperidine rings is 1. The van der Waals surface area contributed by atoms with Crippen molar-refractivity contribution in [3.05, 3.63) is 48.0 Å². The first kappa shape index (κ1) is 22.0. The van der Waals surface area contributed by atoms with E-state index < -0.39 is 0 Å². The van der Waals surface area contributed by atoms with Gasteiger partial charge in [-0.15, -0.1) is 0 Å². The second kappa shape index (κ2) is 10.0. The van der Waals surface area contributed by atoms with Crippen LogP contribution in [0.3, 0.4) is 0 Å². The molecule has 33 heavy (non-hydrogen) atoms. The Labute approximate surface area is 196 Å². The van der Waals surface area contributed by atoms with Gasteiger partial charge in [0.2, 0.25) is 12.7 Å². The molecule has 2 fully saturated rings. The number of piperazine rings is 1. The number of rotatable bonds is 6. The van der Waals surface area contributed by atoms with Crippen molar-refractivity contribution in [1.82, 2.24) is 9.80 Å². The Bertz CT molecular complexity index is 951. The van der Waals surface area contributed by atoms with E-state index in [1.165, 1.54) is 30.5 Å². The van der Waals surface area contributed by atoms with Crippen molar-refractivity contribution in [2.24, 2.45) is 0 Å². The van der Waals surface area contributed by atoms with Crippen LogP contribution in [0.15, 0.2) is 42.5 Å². The van der Waals surface area contributed by atoms with Gasteiger partial charge in [-0.3, -0.25) is 14.6 Å². The summed E-state index contributed by atoms with van der Waals surface area (Å²) in [7, 11) is 0. The summed E-state index contributed by atoms with van der Waals surface area (Å²) in [6.45, 7) is 9.10. The Balaban J connectivity index is 1.09. The van der Waals surface area contributed by atoms with Gasteiger partial charge in [0.05, 0.1) is 6.04 Å². The summed E-state index contributed by atoms with van der Waals surface area (Å²) in [5.41, 5.74) is 3.35. The third kappa shape index (κ3) is 5.25. The highest BCUT2D eigenvalue weighted by Gasteiger charge is 2.26. The molecule has 0 saturated carbocycles. The third-order valence-electron chi connectivity index (χ3n) is 7.03. The van der Waals surface area contributed by atoms with E-state index in [0.29, 0.717) is 6.79 Å². The highest BCUT2D eigenvalue weighted by atomic mass is 16.7. The van der Waals surface area contributed by atoms with Crippen LogP contribution in [-0.2, 0) is 11.3 Å². The number of hydrogen-bond donors (Lipinski definition) is 1. The van der Waals surface area contributed by atoms with E-state index in [4.69, 9.17) is 9.47 Å². The molecule has 0 bridgehead atoms. The third-order valence-corrected chi connectivity index (χ3v) is 7.03. The minimum atomic E-state index is -0.153. The molecule has 2 aromatic carbocycles. The highest BCUT2D eigenvalue weighted by molar-refractivity contribution is 5.94. The Kier molecular flexibility index (Phi) is 6.69. The summed E-state index contributed by atoms with van der Waals surface area (Å²) in [5, 5.41) is 3.11. The van der Waals surface area contributed by atoms with E-state index in [9.17, 15) is 4.79 Å². The second-order valence-electron chi connectivity index (χ2n) is 9.26. The molecule has 2 saturated heterocycles. The molecule has 1 N–H and O–H groups in total. The largest absolute Gasteiger partial charge is 0.454 e. The van der Waals surface area contributed by atoms with Crippen molar-refractivity contribution in [3.8, 4) is 11.5 Å². The molecular weight excluding hydrogens is 416 g/mol. The number of fused-ring (bicyclic) bond motifs is 1. The number of carbonyl (C=O) groups excluding carboxylic acids is 1. The van der Waals surface area contributed by atoms with E-state index in [2.05, 4.69) is 44.3 Å². The minimum Gasteiger partial charge on any atom is -0.454 e. The van der Waals surface area contributed by atoms with Crippen molar-refractivity contribution in [2.45, 2.75) is 38.8 Å². The molecule has 3 aliphatic heterocycles. The summed E-state index contributed by atoms with van der Waals surface area (Å²) >= 11 is 0. The molecular formula is C26H34N4O3. The number of carbonyl (C=O) groups is 1. The lowest BCUT2D eigenvalue weighted by Gasteiger charge is -2.37. The van der Waals surface area contributed by atoms with Crippen LogP contribution in [-0.4, -0.2) is 67.8 Å². The zero-order chi connectivity index (χ0) is 22.6. The first-order chi connectivity index (χ1) is 16.2. The van der Waals surface area contributed by atoms with Gasteiger partial charge in [-0.1, -0.05) is 6.07 Å². The van der Waals surface area contributed by atoms with Gasteiger partial charge in [0, 0.05) is 57.2 Å². The summed E-state index contributed by atoms with van der Waals surface area (Å²) in [6.07, 6.45) is 3.86. The molecule has 0 radical (unpaired) electrons. The van der Waals surface area contributed by atoms with Crippen LogP contribution in [0.4, 0.5) is 11.4 Å². The quantitative estimate of drug-likeness (QED) is 0.727. The average Bonchev–Trinajstić information content (AvgIpc) is 3.33. The average molecular weight is 451 g/mol. The summed E-state index contributed by atoms with van der Waals surface area (Å²) in [4.78, 5) is 20.0. The predicted octanol–water partition coefficient (Wildman–Crippen LogP) is 3.55. The minimum absolute atomic E-state index is 0.0601. The maximum Gasteiger partial charge on any atom is 0.241 e. The van der Waals surface area contributed by atoms with Crippen LogP contribution < -0.4 is 19.7 Å². The van der Waals surface area contributed by atoms with Gasteiger partial charge in [-0.05, 0) is 68.1 Å². The number of nitrogens with zero attached hydrogens (tertiary/aromatic N) is 3. The van der Waals surface area contributed by atoms with Gasteiger partial charge in [0.1, 0.15) is 0 Å². The number of ether oxygens (including phenoxy) is 2. The van der Waals surface area contributed by atoms with Crippen molar-refractivity contribution in [1.29, 1.82) is 0 Å². The Morgan fingerprint density at radius 1 is 0.909 bits per heavy atom. The fourth-order valence-corrected chi connectivity index (χ4v) is 4.93. The predicted molar refractivity (Wildman–Crippen MR) is 130 cm³/mol. The number of hydrogen-bond acceptors (Lipinski definition) is 6. The standard InChI is InChI=1S/C26H34N4O3/c1-20(26(31)27-22-6-8-23(9-7-22)30-11-3-2-4-12-30)29-15-13-28(14-16-29)18-21-5-10-24-25(17-21)33-19-32-24/h5-10,17,20H,2-4,11-16,18-19H2,1H3,(H,27,31). The number of nitrogens with one attached hydrogen (secondary N) is 1. The first-order valence-electron chi connectivity index (χ1n) is 12.2. The van der Waals surface area contributed by atoms with E-state index >= 15 is 0 Å². The molecule has 3 heterocycles. The van der Waals surface area contributed by atoms with Crippen molar-refractivity contribution < 1.29 is 14.3 Å². The normalized spacial score (nSPS) is 20.0. The van der Waals surface area contributed by atoms with Crippen LogP contribution in [0.2, 0.25) is 0 Å². The number of anilines is 2. The zero-order valence-corrected chi connectivity index (χ0v) is 19.5. The molecule has 1 amide bonds. The Morgan fingerprint density at radius 2 is 1.64 bits per heavy atom. The molecule has 7 heteroatoms. The topological polar surface area (TPSA) is 57.3 Å². The van der Waals surface area contributed by atoms with Gasteiger partial charge >= 0.3 is 0 Å². The zero-order valence-electron chi connectivity index (χ0n) is 19.5. The lowest BCUT2D eigenvalue weighted by Crippen LogP contribution is -2.52. The van der Waals surface area contributed by atoms with Crippen LogP contribution >= 0.6 is 0 Å². The molecule has 7 nitrogen and oxygen atoms in total. The molecule has 0 aromatic heterocycles. The van der Waals surface area contributed by atoms with Crippen LogP contribution in [0.25, 0.3) is 0 Å². The smallest absolute Gasteiger partial charge is 0.241 e. The van der Waals surface area contributed by atoms with E-state index in [-0.39, 0.29) is 11.9 Å². The summed E-state index contributed by atoms with van der Waals surface area (Å²) in [5.74, 6) is 1.72. The molecule has 176 valence electrons. The van der Waals surface area contributed by atoms with Gasteiger partial charge < -0.3 is 19.7 Å². The van der Waals surface area contributed by atoms with Gasteiger partial charge in [0.25, 0.3) is 0 Å². The number of amides is 1. The molecule has 0 aliphatic carbocycles. The Morgan fingerprint density at radius 3 is 2.39 bits per heavy atom. The molecule has 2 aromatic rings. The fourth-order valence-electron chi connectivity index (χ4n) is 4.93. The molecule has 1 unspecified atom stereocenters. The summed E-state index contributed by atoms with van der Waals surface area (Å²) < 4.78 is 10.9. The summed E-state index contributed by atoms with van der Waals surface area (Å²) in [6, 6.07) is 14.3. The maximum absolute atomic E-state index is 12.9. The van der Waals surface area contributed by atoms with Crippen LogP contribution in [0.5, 0.6) is 11.5 Å². The van der Waals surface area contributed by atoms with Crippen molar-refractivity contribution in [3.63, 3.8) is 0 Å². The molecule has 1 atom stereocenters. The maximum atomic E-state index is 12.9. The molecule has 5 rings (SSSR count). The van der Waals surface area contributed by atoms with Crippen LogP contribution in [0, 0.1) is 0 Å². The first-order valence-corrected chi connectivity index (χ1v) is 12.2. The van der Waals surface area contributed by atoms with Crippen molar-refractivity contribution in [2.75, 3.05) is 56.3 Å². The lowest BCUT2D eigenvalue weighted by atomic mass is 10.1. The molecule has 0 spiro atoms. The number of benzene rings is 2. The van der Waals surface area contributed by atoms with Gasteiger partial charge in [0.15, 0.2) is 11.5 Å².